The first-order valence-corrected chi connectivity index (χ1v) is 7.30. The average Bonchev–Trinajstić information content (AvgIpc) is 2.54. The van der Waals surface area contributed by atoms with Crippen molar-refractivity contribution >= 4 is 17.5 Å². The molecule has 2 aromatic rings. The SMILES string of the molecule is CC(=O)CCNC(=O)N(Cc1ccccc1)c1ccccc1. The second kappa shape index (κ2) is 7.98. The van der Waals surface area contributed by atoms with Crippen LogP contribution in [-0.4, -0.2) is 18.4 Å². The molecule has 0 fully saturated rings. The van der Waals surface area contributed by atoms with E-state index in [9.17, 15) is 9.59 Å². The number of carbonyl (C=O) groups excluding carboxylic acids is 2. The van der Waals surface area contributed by atoms with E-state index in [1.165, 1.54) is 6.92 Å². The number of anilines is 1. The molecule has 0 bridgehead atoms. The molecule has 114 valence electrons. The maximum Gasteiger partial charge on any atom is 0.322 e. The largest absolute Gasteiger partial charge is 0.337 e. The van der Waals surface area contributed by atoms with Gasteiger partial charge in [0, 0.05) is 18.7 Å². The number of benzene rings is 2. The van der Waals surface area contributed by atoms with Crippen molar-refractivity contribution in [2.24, 2.45) is 0 Å². The van der Waals surface area contributed by atoms with Crippen LogP contribution < -0.4 is 10.2 Å². The Balaban J connectivity index is 2.11. The van der Waals surface area contributed by atoms with Gasteiger partial charge in [-0.1, -0.05) is 48.5 Å². The maximum absolute atomic E-state index is 12.4. The number of nitrogens with zero attached hydrogens (tertiary/aromatic N) is 1. The zero-order valence-corrected chi connectivity index (χ0v) is 12.7. The molecule has 0 unspecified atom stereocenters. The molecule has 4 nitrogen and oxygen atoms in total. The molecule has 4 heteroatoms. The fourth-order valence-corrected chi connectivity index (χ4v) is 2.10. The average molecular weight is 296 g/mol. The summed E-state index contributed by atoms with van der Waals surface area (Å²) in [6, 6.07) is 19.1. The van der Waals surface area contributed by atoms with Gasteiger partial charge in [-0.15, -0.1) is 0 Å². The lowest BCUT2D eigenvalue weighted by molar-refractivity contribution is -0.116. The van der Waals surface area contributed by atoms with Crippen LogP contribution in [-0.2, 0) is 11.3 Å². The van der Waals surface area contributed by atoms with Gasteiger partial charge in [0.05, 0.1) is 6.54 Å². The number of carbonyl (C=O) groups is 2. The van der Waals surface area contributed by atoms with E-state index in [4.69, 9.17) is 0 Å². The Kier molecular flexibility index (Phi) is 5.72. The lowest BCUT2D eigenvalue weighted by atomic mass is 10.2. The van der Waals surface area contributed by atoms with Gasteiger partial charge in [0.2, 0.25) is 0 Å². The molecule has 1 N–H and O–H groups in total. The van der Waals surface area contributed by atoms with E-state index in [0.29, 0.717) is 19.5 Å². The van der Waals surface area contributed by atoms with E-state index < -0.39 is 0 Å². The summed E-state index contributed by atoms with van der Waals surface area (Å²) in [7, 11) is 0. The van der Waals surface area contributed by atoms with Crippen LogP contribution in [0.25, 0.3) is 0 Å². The Morgan fingerprint density at radius 3 is 2.14 bits per heavy atom. The molecule has 0 heterocycles. The maximum atomic E-state index is 12.4. The van der Waals surface area contributed by atoms with E-state index in [1.54, 1.807) is 4.90 Å². The number of hydrogen-bond donors (Lipinski definition) is 1. The van der Waals surface area contributed by atoms with Crippen LogP contribution in [0.4, 0.5) is 10.5 Å². The highest BCUT2D eigenvalue weighted by Gasteiger charge is 2.15. The third kappa shape index (κ3) is 4.74. The number of Topliss-reactive ketones (excluding diaryl/α,β-unsaturated/α-hetero) is 1. The van der Waals surface area contributed by atoms with Gasteiger partial charge in [-0.2, -0.15) is 0 Å². The molecule has 2 amide bonds. The summed E-state index contributed by atoms with van der Waals surface area (Å²) in [6.45, 7) is 2.36. The van der Waals surface area contributed by atoms with Crippen molar-refractivity contribution in [3.8, 4) is 0 Å². The van der Waals surface area contributed by atoms with Gasteiger partial charge >= 0.3 is 6.03 Å². The number of ketones is 1. The molecule has 0 spiro atoms. The Hall–Kier alpha value is -2.62. The zero-order chi connectivity index (χ0) is 15.8. The molecule has 0 atom stereocenters. The normalized spacial score (nSPS) is 10.0. The molecule has 0 aliphatic heterocycles. The predicted molar refractivity (Wildman–Crippen MR) is 87.8 cm³/mol. The summed E-state index contributed by atoms with van der Waals surface area (Å²) < 4.78 is 0. The number of amides is 2. The highest BCUT2D eigenvalue weighted by atomic mass is 16.2. The Morgan fingerprint density at radius 1 is 0.955 bits per heavy atom. The van der Waals surface area contributed by atoms with Gasteiger partial charge in [-0.05, 0) is 24.6 Å². The molecular formula is C18H20N2O2. The zero-order valence-electron chi connectivity index (χ0n) is 12.7. The van der Waals surface area contributed by atoms with Crippen LogP contribution in [0, 0.1) is 0 Å². The number of urea groups is 1. The molecule has 2 rings (SSSR count). The van der Waals surface area contributed by atoms with Gasteiger partial charge in [-0.25, -0.2) is 4.79 Å². The molecule has 2 aromatic carbocycles. The first kappa shape index (κ1) is 15.8. The van der Waals surface area contributed by atoms with Crippen LogP contribution in [0.1, 0.15) is 18.9 Å². The summed E-state index contributed by atoms with van der Waals surface area (Å²) in [4.78, 5) is 25.1. The Labute approximate surface area is 130 Å². The van der Waals surface area contributed by atoms with Gasteiger partial charge in [0.1, 0.15) is 5.78 Å². The highest BCUT2D eigenvalue weighted by molar-refractivity contribution is 5.92. The molecule has 0 saturated heterocycles. The number of rotatable bonds is 6. The molecule has 0 radical (unpaired) electrons. The second-order valence-corrected chi connectivity index (χ2v) is 5.09. The minimum Gasteiger partial charge on any atom is -0.337 e. The summed E-state index contributed by atoms with van der Waals surface area (Å²) in [5.74, 6) is 0.0645. The quantitative estimate of drug-likeness (QED) is 0.888. The van der Waals surface area contributed by atoms with E-state index in [-0.39, 0.29) is 11.8 Å². The molecule has 0 saturated carbocycles. The first-order valence-electron chi connectivity index (χ1n) is 7.30. The highest BCUT2D eigenvalue weighted by Crippen LogP contribution is 2.17. The van der Waals surface area contributed by atoms with Crippen LogP contribution >= 0.6 is 0 Å². The van der Waals surface area contributed by atoms with Crippen LogP contribution in [0.5, 0.6) is 0 Å². The van der Waals surface area contributed by atoms with E-state index >= 15 is 0 Å². The van der Waals surface area contributed by atoms with Gasteiger partial charge < -0.3 is 5.32 Å². The van der Waals surface area contributed by atoms with Gasteiger partial charge in [0.25, 0.3) is 0 Å². The third-order valence-corrected chi connectivity index (χ3v) is 3.25. The number of nitrogens with one attached hydrogen (secondary N) is 1. The summed E-state index contributed by atoms with van der Waals surface area (Å²) in [5.41, 5.74) is 1.87. The Morgan fingerprint density at radius 2 is 1.55 bits per heavy atom. The van der Waals surface area contributed by atoms with Gasteiger partial charge in [-0.3, -0.25) is 9.69 Å². The fraction of sp³-hybridized carbons (Fsp3) is 0.222. The van der Waals surface area contributed by atoms with Crippen molar-refractivity contribution in [1.29, 1.82) is 0 Å². The van der Waals surface area contributed by atoms with Crippen molar-refractivity contribution in [1.82, 2.24) is 5.32 Å². The first-order chi connectivity index (χ1) is 10.7. The monoisotopic (exact) mass is 296 g/mol. The van der Waals surface area contributed by atoms with Crippen molar-refractivity contribution in [3.05, 3.63) is 66.2 Å². The minimum absolute atomic E-state index is 0.0645. The van der Waals surface area contributed by atoms with Crippen molar-refractivity contribution in [2.75, 3.05) is 11.4 Å². The predicted octanol–water partition coefficient (Wildman–Crippen LogP) is 3.38. The van der Waals surface area contributed by atoms with Gasteiger partial charge in [0.15, 0.2) is 0 Å². The van der Waals surface area contributed by atoms with Crippen LogP contribution in [0.3, 0.4) is 0 Å². The van der Waals surface area contributed by atoms with E-state index in [2.05, 4.69) is 5.32 Å². The Bertz CT molecular complexity index is 611. The van der Waals surface area contributed by atoms with Crippen LogP contribution in [0.2, 0.25) is 0 Å². The second-order valence-electron chi connectivity index (χ2n) is 5.09. The summed E-state index contributed by atoms with van der Waals surface area (Å²) in [5, 5.41) is 2.80. The van der Waals surface area contributed by atoms with Crippen molar-refractivity contribution in [2.45, 2.75) is 19.9 Å². The molecule has 0 aromatic heterocycles. The topological polar surface area (TPSA) is 49.4 Å². The smallest absolute Gasteiger partial charge is 0.322 e. The van der Waals surface area contributed by atoms with E-state index in [0.717, 1.165) is 11.3 Å². The molecular weight excluding hydrogens is 276 g/mol. The van der Waals surface area contributed by atoms with Crippen LogP contribution in [0.15, 0.2) is 60.7 Å². The number of para-hydroxylation sites is 1. The summed E-state index contributed by atoms with van der Waals surface area (Å²) >= 11 is 0. The third-order valence-electron chi connectivity index (χ3n) is 3.25. The lowest BCUT2D eigenvalue weighted by Crippen LogP contribution is -2.40. The molecule has 0 aliphatic carbocycles. The fourth-order valence-electron chi connectivity index (χ4n) is 2.10. The van der Waals surface area contributed by atoms with E-state index in [1.807, 2.05) is 60.7 Å². The molecule has 0 aliphatic rings. The van der Waals surface area contributed by atoms with Crippen molar-refractivity contribution < 1.29 is 9.59 Å². The molecule has 22 heavy (non-hydrogen) atoms. The standard InChI is InChI=1S/C18H20N2O2/c1-15(21)12-13-19-18(22)20(17-10-6-3-7-11-17)14-16-8-4-2-5-9-16/h2-11H,12-14H2,1H3,(H,19,22). The minimum atomic E-state index is -0.198. The number of hydrogen-bond acceptors (Lipinski definition) is 2. The summed E-state index contributed by atoms with van der Waals surface area (Å²) in [6.07, 6.45) is 0.347. The van der Waals surface area contributed by atoms with Crippen molar-refractivity contribution in [3.63, 3.8) is 0 Å². The lowest BCUT2D eigenvalue weighted by Gasteiger charge is -2.23.